The first-order chi connectivity index (χ1) is 14.5. The molecule has 3 rings (SSSR count). The summed E-state index contributed by atoms with van der Waals surface area (Å²) in [5.74, 6) is 1.63. The van der Waals surface area contributed by atoms with Gasteiger partial charge in [0.25, 0.3) is 5.89 Å². The van der Waals surface area contributed by atoms with Crippen LogP contribution in [0, 0.1) is 0 Å². The van der Waals surface area contributed by atoms with Gasteiger partial charge in [0.1, 0.15) is 0 Å². The van der Waals surface area contributed by atoms with Crippen LogP contribution in [0.1, 0.15) is 18.4 Å². The highest BCUT2D eigenvalue weighted by molar-refractivity contribution is 5.60. The number of nitrogens with zero attached hydrogens (tertiary/aromatic N) is 2. The minimum Gasteiger partial charge on any atom is -0.493 e. The monoisotopic (exact) mass is 418 g/mol. The van der Waals surface area contributed by atoms with E-state index in [9.17, 15) is 8.78 Å². The number of rotatable bonds is 9. The second-order valence-electron chi connectivity index (χ2n) is 5.95. The maximum Gasteiger partial charge on any atom is 0.387 e. The maximum atomic E-state index is 12.5. The Balaban J connectivity index is 1.73. The molecule has 0 amide bonds. The molecule has 0 saturated carbocycles. The van der Waals surface area contributed by atoms with E-state index < -0.39 is 6.61 Å². The van der Waals surface area contributed by atoms with Gasteiger partial charge >= 0.3 is 6.61 Å². The summed E-state index contributed by atoms with van der Waals surface area (Å²) < 4.78 is 50.7. The standard InChI is InChI=1S/C21H20F2N2O5/c1-4-5-13-6-8-15(17(10-13)26-2)28-12-19-24-20(25-30-19)14-7-9-16(29-21(22)23)18(11-14)27-3/h4-11,21H,12H2,1-3H3/b5-4+. The molecule has 3 aromatic rings. The zero-order chi connectivity index (χ0) is 21.5. The molecular formula is C21H20F2N2O5. The molecule has 0 bridgehead atoms. The maximum absolute atomic E-state index is 12.5. The number of aromatic nitrogens is 2. The average Bonchev–Trinajstić information content (AvgIpc) is 3.22. The minimum atomic E-state index is -2.96. The highest BCUT2D eigenvalue weighted by Gasteiger charge is 2.15. The van der Waals surface area contributed by atoms with Gasteiger partial charge in [0.15, 0.2) is 29.6 Å². The van der Waals surface area contributed by atoms with Crippen LogP contribution in [0.25, 0.3) is 17.5 Å². The van der Waals surface area contributed by atoms with Gasteiger partial charge < -0.3 is 23.5 Å². The van der Waals surface area contributed by atoms with E-state index in [2.05, 4.69) is 14.9 Å². The van der Waals surface area contributed by atoms with Gasteiger partial charge in [-0.3, -0.25) is 0 Å². The molecule has 1 heterocycles. The van der Waals surface area contributed by atoms with E-state index in [0.29, 0.717) is 17.1 Å². The lowest BCUT2D eigenvalue weighted by atomic mass is 10.2. The Hall–Kier alpha value is -3.62. The van der Waals surface area contributed by atoms with Gasteiger partial charge in [0.05, 0.1) is 14.2 Å². The molecule has 0 aliphatic rings. The van der Waals surface area contributed by atoms with Gasteiger partial charge in [-0.1, -0.05) is 23.4 Å². The van der Waals surface area contributed by atoms with Crippen LogP contribution in [0.5, 0.6) is 23.0 Å². The van der Waals surface area contributed by atoms with Gasteiger partial charge in [-0.25, -0.2) is 0 Å². The summed E-state index contributed by atoms with van der Waals surface area (Å²) in [6.45, 7) is -1.00. The Kier molecular flexibility index (Phi) is 6.84. The summed E-state index contributed by atoms with van der Waals surface area (Å²) >= 11 is 0. The van der Waals surface area contributed by atoms with Gasteiger partial charge in [-0.05, 0) is 42.8 Å². The van der Waals surface area contributed by atoms with Crippen LogP contribution < -0.4 is 18.9 Å². The fraction of sp³-hybridized carbons (Fsp3) is 0.238. The molecule has 30 heavy (non-hydrogen) atoms. The number of halogens is 2. The Morgan fingerprint density at radius 2 is 1.73 bits per heavy atom. The Morgan fingerprint density at radius 3 is 2.43 bits per heavy atom. The Labute approximate surface area is 171 Å². The second-order valence-corrected chi connectivity index (χ2v) is 5.95. The van der Waals surface area contributed by atoms with E-state index in [1.807, 2.05) is 31.2 Å². The largest absolute Gasteiger partial charge is 0.493 e. The van der Waals surface area contributed by atoms with Crippen molar-refractivity contribution in [3.8, 4) is 34.4 Å². The van der Waals surface area contributed by atoms with Crippen LogP contribution in [0.2, 0.25) is 0 Å². The molecule has 0 atom stereocenters. The first-order valence-electron chi connectivity index (χ1n) is 8.93. The van der Waals surface area contributed by atoms with Crippen LogP contribution in [0.3, 0.4) is 0 Å². The smallest absolute Gasteiger partial charge is 0.387 e. The predicted molar refractivity (Wildman–Crippen MR) is 105 cm³/mol. The van der Waals surface area contributed by atoms with Gasteiger partial charge in [-0.15, -0.1) is 0 Å². The molecule has 9 heteroatoms. The number of methoxy groups -OCH3 is 2. The van der Waals surface area contributed by atoms with E-state index >= 15 is 0 Å². The molecule has 0 aliphatic carbocycles. The number of alkyl halides is 2. The van der Waals surface area contributed by atoms with E-state index in [0.717, 1.165) is 5.56 Å². The van der Waals surface area contributed by atoms with Crippen LogP contribution >= 0.6 is 0 Å². The molecule has 1 aromatic heterocycles. The highest BCUT2D eigenvalue weighted by Crippen LogP contribution is 2.33. The molecule has 2 aromatic carbocycles. The normalized spacial score (nSPS) is 11.1. The van der Waals surface area contributed by atoms with E-state index in [1.165, 1.54) is 25.3 Å². The number of allylic oxidation sites excluding steroid dienone is 1. The number of ether oxygens (including phenoxy) is 4. The first-order valence-corrected chi connectivity index (χ1v) is 8.93. The van der Waals surface area contributed by atoms with Gasteiger partial charge in [0.2, 0.25) is 5.82 Å². The SMILES string of the molecule is C/C=C/c1ccc(OCc2nc(-c3ccc(OC(F)F)c(OC)c3)no2)c(OC)c1. The fourth-order valence-electron chi connectivity index (χ4n) is 2.67. The number of hydrogen-bond acceptors (Lipinski definition) is 7. The molecular weight excluding hydrogens is 398 g/mol. The van der Waals surface area contributed by atoms with Gasteiger partial charge in [-0.2, -0.15) is 13.8 Å². The molecule has 158 valence electrons. The molecule has 0 unspecified atom stereocenters. The summed E-state index contributed by atoms with van der Waals surface area (Å²) in [6, 6.07) is 9.90. The van der Waals surface area contributed by atoms with Crippen molar-refractivity contribution in [1.29, 1.82) is 0 Å². The molecule has 7 nitrogen and oxygen atoms in total. The quantitative estimate of drug-likeness (QED) is 0.486. The van der Waals surface area contributed by atoms with Crippen molar-refractivity contribution in [2.24, 2.45) is 0 Å². The topological polar surface area (TPSA) is 75.8 Å². The summed E-state index contributed by atoms with van der Waals surface area (Å²) in [6.07, 6.45) is 3.87. The van der Waals surface area contributed by atoms with E-state index in [1.54, 1.807) is 13.2 Å². The van der Waals surface area contributed by atoms with Crippen molar-refractivity contribution in [2.75, 3.05) is 14.2 Å². The summed E-state index contributed by atoms with van der Waals surface area (Å²) in [4.78, 5) is 4.26. The minimum absolute atomic E-state index is 0.0238. The number of benzene rings is 2. The third kappa shape index (κ3) is 5.05. The fourth-order valence-corrected chi connectivity index (χ4v) is 2.67. The van der Waals surface area contributed by atoms with Crippen LogP contribution in [0.4, 0.5) is 8.78 Å². The molecule has 0 N–H and O–H groups in total. The van der Waals surface area contributed by atoms with Crippen molar-refractivity contribution < 1.29 is 32.3 Å². The average molecular weight is 418 g/mol. The summed E-state index contributed by atoms with van der Waals surface area (Å²) in [5.41, 5.74) is 1.49. The van der Waals surface area contributed by atoms with Crippen molar-refractivity contribution >= 4 is 6.08 Å². The van der Waals surface area contributed by atoms with E-state index in [4.69, 9.17) is 18.7 Å². The third-order valence-electron chi connectivity index (χ3n) is 4.00. The lowest BCUT2D eigenvalue weighted by molar-refractivity contribution is -0.0512. The summed E-state index contributed by atoms with van der Waals surface area (Å²) in [5, 5.41) is 3.89. The highest BCUT2D eigenvalue weighted by atomic mass is 19.3. The van der Waals surface area contributed by atoms with Crippen LogP contribution in [-0.4, -0.2) is 31.0 Å². The van der Waals surface area contributed by atoms with Gasteiger partial charge in [0, 0.05) is 5.56 Å². The lowest BCUT2D eigenvalue weighted by Gasteiger charge is -2.10. The number of hydrogen-bond donors (Lipinski definition) is 0. The molecule has 0 radical (unpaired) electrons. The molecule has 0 saturated heterocycles. The van der Waals surface area contributed by atoms with Crippen LogP contribution in [0.15, 0.2) is 47.0 Å². The Morgan fingerprint density at radius 1 is 1.00 bits per heavy atom. The van der Waals surface area contributed by atoms with Crippen molar-refractivity contribution in [2.45, 2.75) is 20.1 Å². The zero-order valence-corrected chi connectivity index (χ0v) is 16.6. The first kappa shape index (κ1) is 21.1. The molecule has 0 spiro atoms. The van der Waals surface area contributed by atoms with Crippen molar-refractivity contribution in [3.05, 3.63) is 53.9 Å². The third-order valence-corrected chi connectivity index (χ3v) is 4.00. The molecule has 0 aliphatic heterocycles. The zero-order valence-electron chi connectivity index (χ0n) is 16.6. The lowest BCUT2D eigenvalue weighted by Crippen LogP contribution is -2.03. The summed E-state index contributed by atoms with van der Waals surface area (Å²) in [7, 11) is 2.91. The predicted octanol–water partition coefficient (Wildman–Crippen LogP) is 4.97. The Bertz CT molecular complexity index is 1020. The second kappa shape index (κ2) is 9.73. The van der Waals surface area contributed by atoms with Crippen molar-refractivity contribution in [1.82, 2.24) is 10.1 Å². The van der Waals surface area contributed by atoms with Crippen molar-refractivity contribution in [3.63, 3.8) is 0 Å². The van der Waals surface area contributed by atoms with E-state index in [-0.39, 0.29) is 29.8 Å². The van der Waals surface area contributed by atoms with Crippen LogP contribution in [-0.2, 0) is 6.61 Å². The molecule has 0 fully saturated rings.